The monoisotopic (exact) mass is 209 g/mol. The molecule has 0 amide bonds. The SMILES string of the molecule is OC(CNC1CC1)CC1CC2CCC1C2. The summed E-state index contributed by atoms with van der Waals surface area (Å²) in [6, 6.07) is 0.736. The van der Waals surface area contributed by atoms with E-state index < -0.39 is 0 Å². The molecule has 3 aliphatic carbocycles. The predicted octanol–water partition coefficient (Wildman–Crippen LogP) is 1.93. The Morgan fingerprint density at radius 1 is 1.13 bits per heavy atom. The first kappa shape index (κ1) is 10.1. The van der Waals surface area contributed by atoms with Gasteiger partial charge in [0, 0.05) is 12.6 Å². The van der Waals surface area contributed by atoms with Gasteiger partial charge in [-0.3, -0.25) is 0 Å². The average Bonchev–Trinajstić information content (AvgIpc) is 2.84. The van der Waals surface area contributed by atoms with Crippen molar-refractivity contribution in [1.29, 1.82) is 0 Å². The van der Waals surface area contributed by atoms with Crippen molar-refractivity contribution in [3.8, 4) is 0 Å². The van der Waals surface area contributed by atoms with Gasteiger partial charge in [-0.1, -0.05) is 6.42 Å². The van der Waals surface area contributed by atoms with E-state index in [1.165, 1.54) is 38.5 Å². The fourth-order valence-corrected chi connectivity index (χ4v) is 3.69. The zero-order chi connectivity index (χ0) is 10.3. The smallest absolute Gasteiger partial charge is 0.0667 e. The fraction of sp³-hybridized carbons (Fsp3) is 1.00. The Balaban J connectivity index is 1.40. The molecule has 15 heavy (non-hydrogen) atoms. The lowest BCUT2D eigenvalue weighted by Crippen LogP contribution is -2.31. The van der Waals surface area contributed by atoms with Crippen LogP contribution in [0.1, 0.15) is 44.9 Å². The van der Waals surface area contributed by atoms with Crippen LogP contribution in [-0.2, 0) is 0 Å². The van der Waals surface area contributed by atoms with Crippen LogP contribution < -0.4 is 5.32 Å². The molecule has 2 nitrogen and oxygen atoms in total. The minimum atomic E-state index is -0.0880. The number of aliphatic hydroxyl groups excluding tert-OH is 1. The van der Waals surface area contributed by atoms with Crippen LogP contribution >= 0.6 is 0 Å². The van der Waals surface area contributed by atoms with E-state index in [1.54, 1.807) is 0 Å². The van der Waals surface area contributed by atoms with E-state index in [0.29, 0.717) is 0 Å². The van der Waals surface area contributed by atoms with Crippen LogP contribution in [-0.4, -0.2) is 23.8 Å². The van der Waals surface area contributed by atoms with Gasteiger partial charge < -0.3 is 10.4 Å². The molecule has 0 aromatic heterocycles. The van der Waals surface area contributed by atoms with Gasteiger partial charge in [-0.15, -0.1) is 0 Å². The third kappa shape index (κ3) is 2.36. The maximum absolute atomic E-state index is 9.95. The summed E-state index contributed by atoms with van der Waals surface area (Å²) < 4.78 is 0. The molecular weight excluding hydrogens is 186 g/mol. The van der Waals surface area contributed by atoms with E-state index in [2.05, 4.69) is 5.32 Å². The van der Waals surface area contributed by atoms with Crippen LogP contribution in [0.15, 0.2) is 0 Å². The molecule has 0 saturated heterocycles. The molecule has 2 heteroatoms. The van der Waals surface area contributed by atoms with Gasteiger partial charge in [0.2, 0.25) is 0 Å². The summed E-state index contributed by atoms with van der Waals surface area (Å²) in [6.45, 7) is 0.832. The first-order valence-electron chi connectivity index (χ1n) is 6.72. The van der Waals surface area contributed by atoms with Crippen LogP contribution in [0.3, 0.4) is 0 Å². The van der Waals surface area contributed by atoms with Crippen LogP contribution in [0.5, 0.6) is 0 Å². The van der Waals surface area contributed by atoms with Crippen LogP contribution in [0.2, 0.25) is 0 Å². The van der Waals surface area contributed by atoms with Crippen LogP contribution in [0.4, 0.5) is 0 Å². The van der Waals surface area contributed by atoms with E-state index in [-0.39, 0.29) is 6.10 Å². The van der Waals surface area contributed by atoms with Gasteiger partial charge in [0.15, 0.2) is 0 Å². The normalized spacial score (nSPS) is 41.0. The van der Waals surface area contributed by atoms with Gasteiger partial charge in [0.05, 0.1) is 6.10 Å². The van der Waals surface area contributed by atoms with E-state index in [4.69, 9.17) is 0 Å². The first-order chi connectivity index (χ1) is 7.31. The first-order valence-corrected chi connectivity index (χ1v) is 6.72. The Kier molecular flexibility index (Phi) is 2.73. The Morgan fingerprint density at radius 2 is 2.00 bits per heavy atom. The maximum Gasteiger partial charge on any atom is 0.0667 e. The highest BCUT2D eigenvalue weighted by Gasteiger charge is 2.39. The highest BCUT2D eigenvalue weighted by Crippen LogP contribution is 2.49. The van der Waals surface area contributed by atoms with E-state index in [0.717, 1.165) is 36.8 Å². The Hall–Kier alpha value is -0.0800. The lowest BCUT2D eigenvalue weighted by molar-refractivity contribution is 0.122. The van der Waals surface area contributed by atoms with E-state index >= 15 is 0 Å². The zero-order valence-corrected chi connectivity index (χ0v) is 9.49. The molecule has 3 rings (SSSR count). The minimum absolute atomic E-state index is 0.0880. The molecule has 3 aliphatic rings. The van der Waals surface area contributed by atoms with E-state index in [1.807, 2.05) is 0 Å². The van der Waals surface area contributed by atoms with Gasteiger partial charge in [-0.05, 0) is 56.3 Å². The molecule has 4 atom stereocenters. The van der Waals surface area contributed by atoms with Gasteiger partial charge in [-0.2, -0.15) is 0 Å². The van der Waals surface area contributed by atoms with Crippen LogP contribution in [0, 0.1) is 17.8 Å². The van der Waals surface area contributed by atoms with Gasteiger partial charge in [-0.25, -0.2) is 0 Å². The molecule has 3 saturated carbocycles. The molecule has 2 bridgehead atoms. The van der Waals surface area contributed by atoms with Crippen molar-refractivity contribution in [3.63, 3.8) is 0 Å². The molecule has 0 radical (unpaired) electrons. The second-order valence-corrected chi connectivity index (χ2v) is 6.01. The van der Waals surface area contributed by atoms with Crippen molar-refractivity contribution in [2.45, 2.75) is 57.1 Å². The molecule has 0 aliphatic heterocycles. The van der Waals surface area contributed by atoms with E-state index in [9.17, 15) is 5.11 Å². The predicted molar refractivity (Wildman–Crippen MR) is 60.6 cm³/mol. The third-order valence-electron chi connectivity index (χ3n) is 4.68. The number of rotatable bonds is 5. The molecule has 0 heterocycles. The summed E-state index contributed by atoms with van der Waals surface area (Å²) in [7, 11) is 0. The summed E-state index contributed by atoms with van der Waals surface area (Å²) in [4.78, 5) is 0. The Bertz CT molecular complexity index is 227. The Labute approximate surface area is 92.4 Å². The highest BCUT2D eigenvalue weighted by atomic mass is 16.3. The molecule has 86 valence electrons. The molecule has 0 spiro atoms. The van der Waals surface area contributed by atoms with Gasteiger partial charge in [0.25, 0.3) is 0 Å². The van der Waals surface area contributed by atoms with Crippen molar-refractivity contribution in [1.82, 2.24) is 5.32 Å². The molecule has 0 aromatic rings. The molecular formula is C13H23NO. The molecule has 4 unspecified atom stereocenters. The fourth-order valence-electron chi connectivity index (χ4n) is 3.69. The lowest BCUT2D eigenvalue weighted by atomic mass is 9.85. The Morgan fingerprint density at radius 3 is 2.60 bits per heavy atom. The largest absolute Gasteiger partial charge is 0.392 e. The molecule has 0 aromatic carbocycles. The summed E-state index contributed by atoms with van der Waals surface area (Å²) in [5.74, 6) is 2.83. The average molecular weight is 209 g/mol. The zero-order valence-electron chi connectivity index (χ0n) is 9.49. The number of fused-ring (bicyclic) bond motifs is 2. The summed E-state index contributed by atoms with van der Waals surface area (Å²) >= 11 is 0. The van der Waals surface area contributed by atoms with Gasteiger partial charge >= 0.3 is 0 Å². The number of hydrogen-bond acceptors (Lipinski definition) is 2. The van der Waals surface area contributed by atoms with Crippen molar-refractivity contribution >= 4 is 0 Å². The summed E-state index contributed by atoms with van der Waals surface area (Å²) in [5.41, 5.74) is 0. The second kappa shape index (κ2) is 4.06. The maximum atomic E-state index is 9.95. The van der Waals surface area contributed by atoms with Crippen molar-refractivity contribution in [2.75, 3.05) is 6.54 Å². The van der Waals surface area contributed by atoms with Crippen molar-refractivity contribution < 1.29 is 5.11 Å². The van der Waals surface area contributed by atoms with Crippen molar-refractivity contribution in [2.24, 2.45) is 17.8 Å². The second-order valence-electron chi connectivity index (χ2n) is 6.01. The van der Waals surface area contributed by atoms with Gasteiger partial charge in [0.1, 0.15) is 0 Å². The lowest BCUT2D eigenvalue weighted by Gasteiger charge is -2.24. The quantitative estimate of drug-likeness (QED) is 0.725. The summed E-state index contributed by atoms with van der Waals surface area (Å²) in [6.07, 6.45) is 9.39. The summed E-state index contributed by atoms with van der Waals surface area (Å²) in [5, 5.41) is 13.4. The topological polar surface area (TPSA) is 32.3 Å². The number of aliphatic hydroxyl groups is 1. The molecule has 3 fully saturated rings. The van der Waals surface area contributed by atoms with Crippen molar-refractivity contribution in [3.05, 3.63) is 0 Å². The molecule has 2 N–H and O–H groups in total. The third-order valence-corrected chi connectivity index (χ3v) is 4.68. The van der Waals surface area contributed by atoms with Crippen LogP contribution in [0.25, 0.3) is 0 Å². The standard InChI is InChI=1S/C13H23NO/c15-13(8-14-12-3-4-12)7-11-6-9-1-2-10(11)5-9/h9-15H,1-8H2. The number of hydrogen-bond donors (Lipinski definition) is 2. The minimum Gasteiger partial charge on any atom is -0.392 e. The highest BCUT2D eigenvalue weighted by molar-refractivity contribution is 4.91. The number of nitrogens with one attached hydrogen (secondary N) is 1.